The molecule has 88 valence electrons. The molecule has 0 aromatic heterocycles. The lowest BCUT2D eigenvalue weighted by Crippen LogP contribution is -2.12. The van der Waals surface area contributed by atoms with Crippen LogP contribution in [0.3, 0.4) is 0 Å². The van der Waals surface area contributed by atoms with Gasteiger partial charge in [-0.05, 0) is 20.3 Å². The zero-order chi connectivity index (χ0) is 11.5. The summed E-state index contributed by atoms with van der Waals surface area (Å²) in [6, 6.07) is 0. The summed E-state index contributed by atoms with van der Waals surface area (Å²) in [7, 11) is 0. The Hall–Kier alpha value is -1.06. The van der Waals surface area contributed by atoms with Gasteiger partial charge in [-0.2, -0.15) is 0 Å². The molecule has 0 aromatic carbocycles. The Bertz CT molecular complexity index is 198. The molecule has 15 heavy (non-hydrogen) atoms. The predicted molar refractivity (Wildman–Crippen MR) is 59.8 cm³/mol. The highest BCUT2D eigenvalue weighted by atomic mass is 16.7. The molecule has 0 aliphatic carbocycles. The van der Waals surface area contributed by atoms with Crippen molar-refractivity contribution in [3.63, 3.8) is 0 Å². The first-order chi connectivity index (χ1) is 7.16. The molecule has 0 saturated heterocycles. The summed E-state index contributed by atoms with van der Waals surface area (Å²) in [5.74, 6) is -0.350. The van der Waals surface area contributed by atoms with Gasteiger partial charge in [0, 0.05) is 0 Å². The van der Waals surface area contributed by atoms with E-state index in [-0.39, 0.29) is 12.6 Å². The van der Waals surface area contributed by atoms with Crippen molar-refractivity contribution in [2.75, 3.05) is 13.2 Å². The van der Waals surface area contributed by atoms with Crippen LogP contribution in [0.1, 0.15) is 46.5 Å². The predicted octanol–water partition coefficient (Wildman–Crippen LogP) is 2.52. The number of rotatable bonds is 8. The monoisotopic (exact) mass is 215 g/mol. The molecule has 0 amide bonds. The van der Waals surface area contributed by atoms with Crippen molar-refractivity contribution >= 4 is 11.7 Å². The van der Waals surface area contributed by atoms with Crippen LogP contribution in [0.15, 0.2) is 5.16 Å². The van der Waals surface area contributed by atoms with Crippen LogP contribution < -0.4 is 0 Å². The minimum atomic E-state index is -0.350. The summed E-state index contributed by atoms with van der Waals surface area (Å²) in [4.78, 5) is 15.8. The fourth-order valence-electron chi connectivity index (χ4n) is 0.971. The summed E-state index contributed by atoms with van der Waals surface area (Å²) in [6.45, 7) is 6.13. The minimum absolute atomic E-state index is 0.0983. The average molecular weight is 215 g/mol. The molecule has 0 saturated carbocycles. The Morgan fingerprint density at radius 2 is 1.93 bits per heavy atom. The summed E-state index contributed by atoms with van der Waals surface area (Å²) in [5, 5.41) is 3.64. The lowest BCUT2D eigenvalue weighted by Gasteiger charge is -2.03. The first-order valence-corrected chi connectivity index (χ1v) is 5.45. The van der Waals surface area contributed by atoms with Crippen LogP contribution in [0.2, 0.25) is 0 Å². The summed E-state index contributed by atoms with van der Waals surface area (Å²) in [5.41, 5.74) is 0.783. The third kappa shape index (κ3) is 10.9. The van der Waals surface area contributed by atoms with Crippen LogP contribution in [-0.2, 0) is 14.4 Å². The van der Waals surface area contributed by atoms with Gasteiger partial charge >= 0.3 is 5.97 Å². The van der Waals surface area contributed by atoms with E-state index in [1.165, 1.54) is 12.8 Å². The molecule has 0 fully saturated rings. The fourth-order valence-corrected chi connectivity index (χ4v) is 0.971. The van der Waals surface area contributed by atoms with Crippen LogP contribution in [-0.4, -0.2) is 24.9 Å². The highest BCUT2D eigenvalue weighted by Gasteiger charge is 2.02. The van der Waals surface area contributed by atoms with Gasteiger partial charge < -0.3 is 9.57 Å². The maximum absolute atomic E-state index is 11.0. The van der Waals surface area contributed by atoms with Gasteiger partial charge in [0.1, 0.15) is 0 Å². The smallest absolute Gasteiger partial charge is 0.347 e. The first kappa shape index (κ1) is 13.9. The van der Waals surface area contributed by atoms with Crippen molar-refractivity contribution in [2.24, 2.45) is 5.16 Å². The van der Waals surface area contributed by atoms with Gasteiger partial charge in [-0.15, -0.1) is 0 Å². The molecule has 0 heterocycles. The van der Waals surface area contributed by atoms with Crippen molar-refractivity contribution < 1.29 is 14.4 Å². The van der Waals surface area contributed by atoms with Gasteiger partial charge in [-0.3, -0.25) is 0 Å². The summed E-state index contributed by atoms with van der Waals surface area (Å²) >= 11 is 0. The fraction of sp³-hybridized carbons (Fsp3) is 0.818. The molecule has 0 unspecified atom stereocenters. The topological polar surface area (TPSA) is 47.9 Å². The standard InChI is InChI=1S/C11H21NO3/c1-4-5-6-7-8-14-11(13)9-15-12-10(2)3/h4-9H2,1-3H3. The highest BCUT2D eigenvalue weighted by Crippen LogP contribution is 1.99. The van der Waals surface area contributed by atoms with Crippen LogP contribution in [0, 0.1) is 0 Å². The van der Waals surface area contributed by atoms with E-state index in [4.69, 9.17) is 9.57 Å². The zero-order valence-corrected chi connectivity index (χ0v) is 9.91. The largest absolute Gasteiger partial charge is 0.463 e. The number of unbranched alkanes of at least 4 members (excludes halogenated alkanes) is 3. The number of ether oxygens (including phenoxy) is 1. The zero-order valence-electron chi connectivity index (χ0n) is 9.91. The molecule has 0 aliphatic rings. The maximum atomic E-state index is 11.0. The Balaban J connectivity index is 3.30. The van der Waals surface area contributed by atoms with Gasteiger partial charge in [0.25, 0.3) is 0 Å². The molecule has 0 aliphatic heterocycles. The number of nitrogens with zero attached hydrogens (tertiary/aromatic N) is 1. The molecular formula is C11H21NO3. The van der Waals surface area contributed by atoms with Crippen molar-refractivity contribution in [3.05, 3.63) is 0 Å². The van der Waals surface area contributed by atoms with E-state index in [0.717, 1.165) is 18.6 Å². The number of esters is 1. The van der Waals surface area contributed by atoms with Gasteiger partial charge in [-0.1, -0.05) is 31.3 Å². The molecule has 0 aromatic rings. The SMILES string of the molecule is CCCCCCOC(=O)CON=C(C)C. The van der Waals surface area contributed by atoms with E-state index < -0.39 is 0 Å². The Kier molecular flexibility index (Phi) is 8.82. The van der Waals surface area contributed by atoms with Crippen molar-refractivity contribution in [1.29, 1.82) is 0 Å². The molecule has 4 nitrogen and oxygen atoms in total. The molecule has 0 bridgehead atoms. The van der Waals surface area contributed by atoms with E-state index in [2.05, 4.69) is 12.1 Å². The van der Waals surface area contributed by atoms with Gasteiger partial charge in [0.2, 0.25) is 6.61 Å². The molecule has 0 atom stereocenters. The first-order valence-electron chi connectivity index (χ1n) is 5.45. The van der Waals surface area contributed by atoms with E-state index in [0.29, 0.717) is 6.61 Å². The Morgan fingerprint density at radius 1 is 1.20 bits per heavy atom. The lowest BCUT2D eigenvalue weighted by molar-refractivity contribution is -0.149. The molecule has 4 heteroatoms. The Morgan fingerprint density at radius 3 is 2.53 bits per heavy atom. The Labute approximate surface area is 91.6 Å². The molecule has 0 radical (unpaired) electrons. The van der Waals surface area contributed by atoms with Crippen molar-refractivity contribution in [3.8, 4) is 0 Å². The maximum Gasteiger partial charge on any atom is 0.347 e. The van der Waals surface area contributed by atoms with Gasteiger partial charge in [0.15, 0.2) is 0 Å². The third-order valence-electron chi connectivity index (χ3n) is 1.69. The summed E-state index contributed by atoms with van der Waals surface area (Å²) < 4.78 is 4.94. The van der Waals surface area contributed by atoms with Gasteiger partial charge in [-0.25, -0.2) is 4.79 Å². The van der Waals surface area contributed by atoms with E-state index in [9.17, 15) is 4.79 Å². The number of oxime groups is 1. The molecule has 0 N–H and O–H groups in total. The number of hydrogen-bond acceptors (Lipinski definition) is 4. The second kappa shape index (κ2) is 9.49. The van der Waals surface area contributed by atoms with Crippen LogP contribution in [0.4, 0.5) is 0 Å². The van der Waals surface area contributed by atoms with Crippen molar-refractivity contribution in [2.45, 2.75) is 46.5 Å². The quantitative estimate of drug-likeness (QED) is 0.270. The lowest BCUT2D eigenvalue weighted by atomic mass is 10.2. The second-order valence-corrected chi connectivity index (χ2v) is 3.59. The molecule has 0 spiro atoms. The average Bonchev–Trinajstić information content (AvgIpc) is 2.17. The minimum Gasteiger partial charge on any atom is -0.463 e. The van der Waals surface area contributed by atoms with Crippen LogP contribution >= 0.6 is 0 Å². The molecular weight excluding hydrogens is 194 g/mol. The number of carbonyl (C=O) groups is 1. The highest BCUT2D eigenvalue weighted by molar-refractivity contribution is 5.78. The second-order valence-electron chi connectivity index (χ2n) is 3.59. The van der Waals surface area contributed by atoms with Crippen molar-refractivity contribution in [1.82, 2.24) is 0 Å². The van der Waals surface area contributed by atoms with Crippen LogP contribution in [0.5, 0.6) is 0 Å². The molecule has 0 rings (SSSR count). The van der Waals surface area contributed by atoms with E-state index >= 15 is 0 Å². The summed E-state index contributed by atoms with van der Waals surface area (Å²) in [6.07, 6.45) is 4.40. The van der Waals surface area contributed by atoms with E-state index in [1.54, 1.807) is 13.8 Å². The van der Waals surface area contributed by atoms with Gasteiger partial charge in [0.05, 0.1) is 12.3 Å². The number of carbonyl (C=O) groups excluding carboxylic acids is 1. The van der Waals surface area contributed by atoms with E-state index in [1.807, 2.05) is 0 Å². The normalized spacial score (nSPS) is 9.53. The number of hydrogen-bond donors (Lipinski definition) is 0. The third-order valence-corrected chi connectivity index (χ3v) is 1.69. The van der Waals surface area contributed by atoms with Crippen LogP contribution in [0.25, 0.3) is 0 Å².